The summed E-state index contributed by atoms with van der Waals surface area (Å²) in [6, 6.07) is 12.7. The van der Waals surface area contributed by atoms with Gasteiger partial charge >= 0.3 is 5.97 Å². The molecule has 2 aromatic carbocycles. The zero-order chi connectivity index (χ0) is 18.9. The fourth-order valence-electron chi connectivity index (χ4n) is 2.07. The van der Waals surface area contributed by atoms with Crippen LogP contribution in [-0.2, 0) is 14.3 Å². The summed E-state index contributed by atoms with van der Waals surface area (Å²) in [5, 5.41) is 3.91. The maximum absolute atomic E-state index is 11.9. The van der Waals surface area contributed by atoms with Gasteiger partial charge in [0.25, 0.3) is 5.91 Å². The summed E-state index contributed by atoms with van der Waals surface area (Å²) in [6.07, 6.45) is 0.936. The van der Waals surface area contributed by atoms with Crippen molar-refractivity contribution in [2.75, 3.05) is 17.7 Å². The van der Waals surface area contributed by atoms with E-state index in [4.69, 9.17) is 27.9 Å². The number of anilines is 1. The second-order valence-electron chi connectivity index (χ2n) is 5.57. The van der Waals surface area contributed by atoms with Gasteiger partial charge in [0.1, 0.15) is 0 Å². The Morgan fingerprint density at radius 1 is 1.08 bits per heavy atom. The van der Waals surface area contributed by atoms with Crippen molar-refractivity contribution in [2.24, 2.45) is 0 Å². The summed E-state index contributed by atoms with van der Waals surface area (Å²) >= 11 is 13.4. The first-order valence-corrected chi connectivity index (χ1v) is 9.78. The number of rotatable bonds is 8. The van der Waals surface area contributed by atoms with Gasteiger partial charge in [-0.15, -0.1) is 11.8 Å². The van der Waals surface area contributed by atoms with Crippen LogP contribution in [0.2, 0.25) is 10.0 Å². The molecule has 0 bridgehead atoms. The second-order valence-corrected chi connectivity index (χ2v) is 7.62. The first-order valence-electron chi connectivity index (χ1n) is 8.04. The summed E-state index contributed by atoms with van der Waals surface area (Å²) in [4.78, 5) is 24.7. The maximum atomic E-state index is 11.9. The molecule has 0 saturated carbocycles. The van der Waals surface area contributed by atoms with Gasteiger partial charge in [0.2, 0.25) is 0 Å². The number of benzene rings is 2. The van der Waals surface area contributed by atoms with Crippen LogP contribution < -0.4 is 5.32 Å². The van der Waals surface area contributed by atoms with Gasteiger partial charge in [-0.25, -0.2) is 0 Å². The number of thioether (sulfide) groups is 1. The lowest BCUT2D eigenvalue weighted by Crippen LogP contribution is -2.21. The van der Waals surface area contributed by atoms with Crippen molar-refractivity contribution in [3.8, 4) is 0 Å². The van der Waals surface area contributed by atoms with Crippen LogP contribution in [0.15, 0.2) is 47.4 Å². The highest BCUT2D eigenvalue weighted by molar-refractivity contribution is 7.99. The number of nitrogens with one attached hydrogen (secondary N) is 1. The minimum atomic E-state index is -0.390. The molecule has 2 rings (SSSR count). The molecule has 0 atom stereocenters. The Morgan fingerprint density at radius 3 is 2.50 bits per heavy atom. The summed E-state index contributed by atoms with van der Waals surface area (Å²) in [7, 11) is 0. The smallest absolute Gasteiger partial charge is 0.306 e. The predicted molar refractivity (Wildman–Crippen MR) is 107 cm³/mol. The number of aryl methyl sites for hydroxylation is 1. The molecule has 0 aliphatic rings. The van der Waals surface area contributed by atoms with Crippen LogP contribution in [0.1, 0.15) is 18.4 Å². The molecule has 138 valence electrons. The normalized spacial score (nSPS) is 10.4. The number of hydrogen-bond acceptors (Lipinski definition) is 4. The molecule has 1 amide bonds. The number of hydrogen-bond donors (Lipinski definition) is 1. The van der Waals surface area contributed by atoms with E-state index in [1.165, 1.54) is 0 Å². The standard InChI is InChI=1S/C19H19Cl2NO3S/c1-13-4-5-15(21)11-17(13)22-18(23)12-25-19(24)3-2-10-26-16-8-6-14(20)7-9-16/h4-9,11H,2-3,10,12H2,1H3,(H,22,23). The number of ether oxygens (including phenoxy) is 1. The molecule has 2 aromatic rings. The van der Waals surface area contributed by atoms with Crippen molar-refractivity contribution < 1.29 is 14.3 Å². The number of carbonyl (C=O) groups is 2. The molecule has 0 radical (unpaired) electrons. The Morgan fingerprint density at radius 2 is 1.77 bits per heavy atom. The molecule has 0 aromatic heterocycles. The van der Waals surface area contributed by atoms with Crippen LogP contribution in [0, 0.1) is 6.92 Å². The number of amides is 1. The monoisotopic (exact) mass is 411 g/mol. The summed E-state index contributed by atoms with van der Waals surface area (Å²) in [5.74, 6) is 0.00361. The Labute approximate surface area is 167 Å². The minimum Gasteiger partial charge on any atom is -0.456 e. The van der Waals surface area contributed by atoms with Gasteiger partial charge in [-0.1, -0.05) is 29.3 Å². The molecule has 0 aliphatic heterocycles. The van der Waals surface area contributed by atoms with E-state index >= 15 is 0 Å². The fourth-order valence-corrected chi connectivity index (χ4v) is 3.22. The summed E-state index contributed by atoms with van der Waals surface area (Å²) in [5.41, 5.74) is 1.49. The fraction of sp³-hybridized carbons (Fsp3) is 0.263. The number of esters is 1. The predicted octanol–water partition coefficient (Wildman–Crippen LogP) is 5.36. The van der Waals surface area contributed by atoms with Gasteiger partial charge < -0.3 is 10.1 Å². The van der Waals surface area contributed by atoms with E-state index in [0.29, 0.717) is 22.2 Å². The van der Waals surface area contributed by atoms with E-state index in [0.717, 1.165) is 16.2 Å². The van der Waals surface area contributed by atoms with Gasteiger partial charge in [0, 0.05) is 27.0 Å². The Bertz CT molecular complexity index is 766. The van der Waals surface area contributed by atoms with E-state index in [1.807, 2.05) is 37.3 Å². The quantitative estimate of drug-likeness (QED) is 0.361. The maximum Gasteiger partial charge on any atom is 0.306 e. The molecule has 4 nitrogen and oxygen atoms in total. The highest BCUT2D eigenvalue weighted by atomic mass is 35.5. The highest BCUT2D eigenvalue weighted by Gasteiger charge is 2.09. The van der Waals surface area contributed by atoms with E-state index in [-0.39, 0.29) is 24.9 Å². The molecule has 26 heavy (non-hydrogen) atoms. The molecule has 0 aliphatic carbocycles. The van der Waals surface area contributed by atoms with E-state index in [9.17, 15) is 9.59 Å². The zero-order valence-corrected chi connectivity index (χ0v) is 16.6. The molecule has 0 fully saturated rings. The molecular formula is C19H19Cl2NO3S. The molecule has 1 N–H and O–H groups in total. The lowest BCUT2D eigenvalue weighted by molar-refractivity contribution is -0.147. The van der Waals surface area contributed by atoms with Crippen LogP contribution in [0.4, 0.5) is 5.69 Å². The molecule has 0 heterocycles. The van der Waals surface area contributed by atoms with Gasteiger partial charge in [-0.2, -0.15) is 0 Å². The van der Waals surface area contributed by atoms with Crippen LogP contribution >= 0.6 is 35.0 Å². The zero-order valence-electron chi connectivity index (χ0n) is 14.3. The van der Waals surface area contributed by atoms with Crippen molar-refractivity contribution in [1.82, 2.24) is 0 Å². The third-order valence-corrected chi connectivity index (χ3v) is 5.03. The lowest BCUT2D eigenvalue weighted by Gasteiger charge is -2.09. The van der Waals surface area contributed by atoms with Crippen molar-refractivity contribution in [3.63, 3.8) is 0 Å². The SMILES string of the molecule is Cc1ccc(Cl)cc1NC(=O)COC(=O)CCCSc1ccc(Cl)cc1. The average molecular weight is 412 g/mol. The van der Waals surface area contributed by atoms with Crippen LogP contribution in [-0.4, -0.2) is 24.2 Å². The van der Waals surface area contributed by atoms with Crippen LogP contribution in [0.25, 0.3) is 0 Å². The number of halogens is 2. The van der Waals surface area contributed by atoms with Gasteiger partial charge in [0.15, 0.2) is 6.61 Å². The Hall–Kier alpha value is -1.69. The third kappa shape index (κ3) is 7.28. The molecular weight excluding hydrogens is 393 g/mol. The molecule has 0 spiro atoms. The van der Waals surface area contributed by atoms with Gasteiger partial charge in [0.05, 0.1) is 0 Å². The van der Waals surface area contributed by atoms with Gasteiger partial charge in [-0.3, -0.25) is 9.59 Å². The Kier molecular flexibility index (Phi) is 8.29. The summed E-state index contributed by atoms with van der Waals surface area (Å²) < 4.78 is 5.00. The van der Waals surface area contributed by atoms with E-state index in [2.05, 4.69) is 5.32 Å². The van der Waals surface area contributed by atoms with Crippen molar-refractivity contribution in [1.29, 1.82) is 0 Å². The van der Waals surface area contributed by atoms with Crippen molar-refractivity contribution in [3.05, 3.63) is 58.1 Å². The van der Waals surface area contributed by atoms with Crippen LogP contribution in [0.3, 0.4) is 0 Å². The Balaban J connectivity index is 1.64. The number of carbonyl (C=O) groups excluding carboxylic acids is 2. The molecule has 7 heteroatoms. The first-order chi connectivity index (χ1) is 12.4. The minimum absolute atomic E-state index is 0.268. The topological polar surface area (TPSA) is 55.4 Å². The first kappa shape index (κ1) is 20.6. The largest absolute Gasteiger partial charge is 0.456 e. The lowest BCUT2D eigenvalue weighted by atomic mass is 10.2. The molecule has 0 unspecified atom stereocenters. The molecule has 0 saturated heterocycles. The second kappa shape index (κ2) is 10.5. The third-order valence-electron chi connectivity index (χ3n) is 3.45. The summed E-state index contributed by atoms with van der Waals surface area (Å²) in [6.45, 7) is 1.55. The van der Waals surface area contributed by atoms with Crippen molar-refractivity contribution >= 4 is 52.5 Å². The van der Waals surface area contributed by atoms with Crippen molar-refractivity contribution in [2.45, 2.75) is 24.7 Å². The van der Waals surface area contributed by atoms with E-state index < -0.39 is 0 Å². The van der Waals surface area contributed by atoms with Crippen LogP contribution in [0.5, 0.6) is 0 Å². The average Bonchev–Trinajstić information content (AvgIpc) is 2.61. The van der Waals surface area contributed by atoms with Gasteiger partial charge in [-0.05, 0) is 61.1 Å². The highest BCUT2D eigenvalue weighted by Crippen LogP contribution is 2.22. The van der Waals surface area contributed by atoms with E-state index in [1.54, 1.807) is 23.9 Å².